The van der Waals surface area contributed by atoms with Gasteiger partial charge in [-0.15, -0.1) is 0 Å². The molecule has 35 heavy (non-hydrogen) atoms. The number of aromatic nitrogens is 2. The molecule has 3 unspecified atom stereocenters. The highest BCUT2D eigenvalue weighted by Crippen LogP contribution is 2.41. The fourth-order valence-electron chi connectivity index (χ4n) is 4.96. The van der Waals surface area contributed by atoms with Gasteiger partial charge in [0.1, 0.15) is 12.3 Å². The van der Waals surface area contributed by atoms with Gasteiger partial charge < -0.3 is 14.0 Å². The van der Waals surface area contributed by atoms with Crippen molar-refractivity contribution in [3.05, 3.63) is 93.3 Å². The number of hydrogen-bond acceptors (Lipinski definition) is 6. The van der Waals surface area contributed by atoms with Crippen molar-refractivity contribution in [3.8, 4) is 0 Å². The molecule has 8 nitrogen and oxygen atoms in total. The highest BCUT2D eigenvalue weighted by molar-refractivity contribution is 6.99. The molecule has 0 bridgehead atoms. The van der Waals surface area contributed by atoms with Crippen molar-refractivity contribution < 1.29 is 14.0 Å². The summed E-state index contributed by atoms with van der Waals surface area (Å²) in [6, 6.07) is 20.6. The lowest BCUT2D eigenvalue weighted by atomic mass is 10.2. The molecule has 0 amide bonds. The number of aryl methyl sites for hydroxylation is 1. The van der Waals surface area contributed by atoms with Gasteiger partial charge in [-0.3, -0.25) is 14.3 Å². The number of ether oxygens (including phenoxy) is 1. The maximum atomic E-state index is 12.6. The number of benzene rings is 2. The van der Waals surface area contributed by atoms with Crippen molar-refractivity contribution in [2.75, 3.05) is 6.61 Å². The standard InChI is InChI=1S/C26H33N3O5Si/c1-18-16-29(25(31)28-24(18)30)23-15-21(22(33-23)17-32-27)34-35(26(2,3)4,19-11-7-5-8-12-19)20-13-9-6-10-14-20/h5-14,16,21-23H,15,17,27H2,1-4H3,(H,28,30,31). The Morgan fingerprint density at radius 1 is 1.06 bits per heavy atom. The van der Waals surface area contributed by atoms with Gasteiger partial charge in [0.05, 0.1) is 12.7 Å². The summed E-state index contributed by atoms with van der Waals surface area (Å²) in [5.41, 5.74) is -0.508. The first-order chi connectivity index (χ1) is 16.7. The SMILES string of the molecule is Cc1cn(C2CC(O[Si](c3ccccc3)(c3ccccc3)C(C)(C)C)C(CON)O2)c(=O)[nH]c1=O. The molecule has 186 valence electrons. The van der Waals surface area contributed by atoms with Gasteiger partial charge in [0.2, 0.25) is 0 Å². The van der Waals surface area contributed by atoms with Crippen molar-refractivity contribution >= 4 is 18.7 Å². The van der Waals surface area contributed by atoms with Crippen LogP contribution in [-0.2, 0) is 14.0 Å². The predicted molar refractivity (Wildman–Crippen MR) is 137 cm³/mol. The van der Waals surface area contributed by atoms with Crippen LogP contribution in [0.5, 0.6) is 0 Å². The lowest BCUT2D eigenvalue weighted by Gasteiger charge is -2.45. The molecule has 1 aromatic heterocycles. The molecule has 1 fully saturated rings. The second-order valence-electron chi connectivity index (χ2n) is 10.00. The monoisotopic (exact) mass is 495 g/mol. The second-order valence-corrected chi connectivity index (χ2v) is 14.2. The van der Waals surface area contributed by atoms with E-state index in [1.54, 1.807) is 6.92 Å². The minimum atomic E-state index is -2.87. The first kappa shape index (κ1) is 25.3. The zero-order chi connectivity index (χ0) is 25.2. The summed E-state index contributed by atoms with van der Waals surface area (Å²) in [5.74, 6) is 5.46. The molecule has 3 aromatic rings. The summed E-state index contributed by atoms with van der Waals surface area (Å²) >= 11 is 0. The van der Waals surface area contributed by atoms with Gasteiger partial charge in [0.25, 0.3) is 13.9 Å². The minimum Gasteiger partial charge on any atom is -0.402 e. The number of rotatable bonds is 7. The van der Waals surface area contributed by atoms with E-state index in [0.29, 0.717) is 12.0 Å². The summed E-state index contributed by atoms with van der Waals surface area (Å²) in [6.45, 7) is 8.38. The maximum Gasteiger partial charge on any atom is 0.330 e. The molecule has 2 heterocycles. The third-order valence-corrected chi connectivity index (χ3v) is 11.7. The summed E-state index contributed by atoms with van der Waals surface area (Å²) < 4.78 is 14.9. The van der Waals surface area contributed by atoms with Crippen LogP contribution in [0.15, 0.2) is 76.4 Å². The van der Waals surface area contributed by atoms with Crippen LogP contribution >= 0.6 is 0 Å². The Labute approximate surface area is 205 Å². The molecule has 0 aliphatic carbocycles. The van der Waals surface area contributed by atoms with E-state index in [1.807, 2.05) is 36.4 Å². The maximum absolute atomic E-state index is 12.6. The number of nitrogens with zero attached hydrogens (tertiary/aromatic N) is 1. The van der Waals surface area contributed by atoms with Crippen molar-refractivity contribution in [2.45, 2.75) is 57.6 Å². The molecule has 1 aliphatic rings. The van der Waals surface area contributed by atoms with Crippen LogP contribution < -0.4 is 27.5 Å². The van der Waals surface area contributed by atoms with Gasteiger partial charge in [-0.05, 0) is 22.3 Å². The fourth-order valence-corrected chi connectivity index (χ4v) is 9.68. The molecule has 1 saturated heterocycles. The zero-order valence-corrected chi connectivity index (χ0v) is 21.6. The summed E-state index contributed by atoms with van der Waals surface area (Å²) in [4.78, 5) is 31.8. The number of nitrogens with two attached hydrogens (primary N) is 1. The van der Waals surface area contributed by atoms with Crippen molar-refractivity contribution in [2.24, 2.45) is 5.90 Å². The molecular formula is C26H33N3O5Si. The van der Waals surface area contributed by atoms with Crippen LogP contribution in [-0.4, -0.2) is 36.7 Å². The predicted octanol–water partition coefficient (Wildman–Crippen LogP) is 1.97. The topological polar surface area (TPSA) is 109 Å². The van der Waals surface area contributed by atoms with Crippen molar-refractivity contribution in [1.82, 2.24) is 9.55 Å². The third-order valence-electron chi connectivity index (χ3n) is 6.64. The molecule has 4 rings (SSSR count). The van der Waals surface area contributed by atoms with E-state index in [2.05, 4.69) is 50.0 Å². The number of H-pyrrole nitrogens is 1. The first-order valence-electron chi connectivity index (χ1n) is 11.8. The summed E-state index contributed by atoms with van der Waals surface area (Å²) in [5, 5.41) is 2.06. The molecule has 3 atom stereocenters. The Bertz CT molecular complexity index is 1210. The van der Waals surface area contributed by atoms with Gasteiger partial charge in [-0.2, -0.15) is 0 Å². The average Bonchev–Trinajstić information content (AvgIpc) is 3.22. The van der Waals surface area contributed by atoms with Crippen LogP contribution in [0.25, 0.3) is 0 Å². The Hall–Kier alpha value is -2.82. The van der Waals surface area contributed by atoms with Crippen molar-refractivity contribution in [1.29, 1.82) is 0 Å². The zero-order valence-electron chi connectivity index (χ0n) is 20.6. The van der Waals surface area contributed by atoms with E-state index >= 15 is 0 Å². The smallest absolute Gasteiger partial charge is 0.330 e. The number of aromatic amines is 1. The Morgan fingerprint density at radius 3 is 2.14 bits per heavy atom. The molecule has 9 heteroatoms. The molecule has 0 radical (unpaired) electrons. The van der Waals surface area contributed by atoms with Gasteiger partial charge in [0, 0.05) is 18.2 Å². The molecule has 3 N–H and O–H groups in total. The van der Waals surface area contributed by atoms with E-state index in [-0.39, 0.29) is 11.6 Å². The Morgan fingerprint density at radius 2 is 1.63 bits per heavy atom. The minimum absolute atomic E-state index is 0.108. The normalized spacial score (nSPS) is 20.8. The van der Waals surface area contributed by atoms with Gasteiger partial charge >= 0.3 is 5.69 Å². The number of nitrogens with one attached hydrogen (secondary N) is 1. The summed E-state index contributed by atoms with van der Waals surface area (Å²) in [6.07, 6.45) is 0.419. The van der Waals surface area contributed by atoms with Crippen LogP contribution in [0.2, 0.25) is 5.04 Å². The van der Waals surface area contributed by atoms with Crippen LogP contribution in [0, 0.1) is 6.92 Å². The molecule has 1 aliphatic heterocycles. The lowest BCUT2D eigenvalue weighted by molar-refractivity contribution is -0.0618. The largest absolute Gasteiger partial charge is 0.402 e. The quantitative estimate of drug-likeness (QED) is 0.383. The average molecular weight is 496 g/mol. The van der Waals surface area contributed by atoms with E-state index in [1.165, 1.54) is 10.8 Å². The van der Waals surface area contributed by atoms with E-state index in [9.17, 15) is 9.59 Å². The summed E-state index contributed by atoms with van der Waals surface area (Å²) in [7, 11) is -2.87. The molecule has 0 spiro atoms. The van der Waals surface area contributed by atoms with Gasteiger partial charge in [-0.1, -0.05) is 81.4 Å². The van der Waals surface area contributed by atoms with Crippen molar-refractivity contribution in [3.63, 3.8) is 0 Å². The third kappa shape index (κ3) is 4.82. The van der Waals surface area contributed by atoms with E-state index < -0.39 is 38.0 Å². The first-order valence-corrected chi connectivity index (χ1v) is 13.7. The molecular weight excluding hydrogens is 462 g/mol. The highest BCUT2D eigenvalue weighted by Gasteiger charge is 2.53. The lowest BCUT2D eigenvalue weighted by Crippen LogP contribution is -2.68. The molecule has 2 aromatic carbocycles. The van der Waals surface area contributed by atoms with Crippen LogP contribution in [0.1, 0.15) is 39.0 Å². The fraction of sp³-hybridized carbons (Fsp3) is 0.385. The molecule has 0 saturated carbocycles. The Balaban J connectivity index is 1.80. The number of hydrogen-bond donors (Lipinski definition) is 2. The van der Waals surface area contributed by atoms with E-state index in [0.717, 1.165) is 10.4 Å². The van der Waals surface area contributed by atoms with Crippen LogP contribution in [0.3, 0.4) is 0 Å². The van der Waals surface area contributed by atoms with E-state index in [4.69, 9.17) is 19.9 Å². The Kier molecular flexibility index (Phi) is 7.25. The highest BCUT2D eigenvalue weighted by atomic mass is 28.4. The van der Waals surface area contributed by atoms with Gasteiger partial charge in [-0.25, -0.2) is 10.7 Å². The second kappa shape index (κ2) is 10.0. The van der Waals surface area contributed by atoms with Gasteiger partial charge in [0.15, 0.2) is 0 Å². The van der Waals surface area contributed by atoms with Crippen LogP contribution in [0.4, 0.5) is 0 Å².